The first-order valence-electron chi connectivity index (χ1n) is 8.11. The van der Waals surface area contributed by atoms with Crippen molar-refractivity contribution in [2.45, 2.75) is 6.92 Å². The molecule has 0 spiro atoms. The number of pyridine rings is 1. The molecule has 0 bridgehead atoms. The lowest BCUT2D eigenvalue weighted by Crippen LogP contribution is -1.99. The van der Waals surface area contributed by atoms with Gasteiger partial charge in [-0.2, -0.15) is 5.26 Å². The number of aromatic amines is 1. The van der Waals surface area contributed by atoms with Gasteiger partial charge in [0.05, 0.1) is 17.3 Å². The van der Waals surface area contributed by atoms with E-state index in [4.69, 9.17) is 5.10 Å². The molecule has 4 rings (SSSR count). The van der Waals surface area contributed by atoms with E-state index in [1.54, 1.807) is 12.3 Å². The zero-order valence-electron chi connectivity index (χ0n) is 14.2. The van der Waals surface area contributed by atoms with Gasteiger partial charge in [-0.15, -0.1) is 5.10 Å². The van der Waals surface area contributed by atoms with Crippen molar-refractivity contribution in [2.24, 2.45) is 0 Å². The van der Waals surface area contributed by atoms with Gasteiger partial charge in [0.25, 0.3) is 0 Å². The predicted octanol–water partition coefficient (Wildman–Crippen LogP) is 4.23. The molecule has 0 aliphatic heterocycles. The van der Waals surface area contributed by atoms with Gasteiger partial charge < -0.3 is 10.3 Å². The van der Waals surface area contributed by atoms with Crippen molar-refractivity contribution in [3.8, 4) is 22.9 Å². The molecule has 0 saturated heterocycles. The van der Waals surface area contributed by atoms with E-state index in [0.29, 0.717) is 11.4 Å². The quantitative estimate of drug-likeness (QED) is 0.582. The van der Waals surface area contributed by atoms with Crippen LogP contribution in [0.2, 0.25) is 0 Å². The van der Waals surface area contributed by atoms with Crippen LogP contribution in [-0.2, 0) is 0 Å². The van der Waals surface area contributed by atoms with E-state index in [0.717, 1.165) is 33.5 Å². The lowest BCUT2D eigenvalue weighted by Gasteiger charge is -2.05. The highest BCUT2D eigenvalue weighted by molar-refractivity contribution is 5.85. The molecule has 2 N–H and O–H groups in total. The average Bonchev–Trinajstić information content (AvgIpc) is 3.28. The van der Waals surface area contributed by atoms with Crippen molar-refractivity contribution >= 4 is 16.9 Å². The molecular weight excluding hydrogens is 324 g/mol. The first-order valence-corrected chi connectivity index (χ1v) is 8.11. The van der Waals surface area contributed by atoms with Gasteiger partial charge in [-0.3, -0.25) is 0 Å². The third-order valence-electron chi connectivity index (χ3n) is 4.03. The fourth-order valence-corrected chi connectivity index (χ4v) is 2.91. The van der Waals surface area contributed by atoms with E-state index >= 15 is 0 Å². The number of hydrogen-bond acceptors (Lipinski definition) is 4. The Morgan fingerprint density at radius 2 is 2.19 bits per heavy atom. The van der Waals surface area contributed by atoms with Crippen LogP contribution in [0.5, 0.6) is 0 Å². The van der Waals surface area contributed by atoms with E-state index in [1.165, 1.54) is 0 Å². The minimum Gasteiger partial charge on any atom is -0.346 e. The van der Waals surface area contributed by atoms with Crippen LogP contribution in [0.15, 0.2) is 67.3 Å². The summed E-state index contributed by atoms with van der Waals surface area (Å²) in [4.78, 5) is 7.44. The number of fused-ring (bicyclic) bond motifs is 1. The number of allylic oxidation sites excluding steroid dienone is 1. The molecule has 0 aliphatic rings. The summed E-state index contributed by atoms with van der Waals surface area (Å²) in [6, 6.07) is 13.5. The highest BCUT2D eigenvalue weighted by Crippen LogP contribution is 2.31. The van der Waals surface area contributed by atoms with Gasteiger partial charge in [-0.1, -0.05) is 18.7 Å². The zero-order valence-corrected chi connectivity index (χ0v) is 14.2. The third kappa shape index (κ3) is 2.72. The molecule has 0 unspecified atom stereocenters. The fourth-order valence-electron chi connectivity index (χ4n) is 2.91. The largest absolute Gasteiger partial charge is 0.346 e. The SMILES string of the molecule is C=C(C)Nc1nn(-c2ccnc3[nH]ccc23)cc1-c1cccc(C#N)c1. The number of benzene rings is 1. The van der Waals surface area contributed by atoms with Gasteiger partial charge in [0.2, 0.25) is 0 Å². The third-order valence-corrected chi connectivity index (χ3v) is 4.03. The monoisotopic (exact) mass is 340 g/mol. The van der Waals surface area contributed by atoms with Gasteiger partial charge in [0, 0.05) is 35.2 Å². The topological polar surface area (TPSA) is 82.3 Å². The number of rotatable bonds is 4. The normalized spacial score (nSPS) is 10.6. The number of nitrogens with zero attached hydrogens (tertiary/aromatic N) is 4. The van der Waals surface area contributed by atoms with Gasteiger partial charge >= 0.3 is 0 Å². The molecule has 6 nitrogen and oxygen atoms in total. The Labute approximate surface area is 150 Å². The van der Waals surface area contributed by atoms with E-state index in [9.17, 15) is 5.26 Å². The molecule has 0 amide bonds. The van der Waals surface area contributed by atoms with E-state index < -0.39 is 0 Å². The number of anilines is 1. The zero-order chi connectivity index (χ0) is 18.1. The Hall–Kier alpha value is -3.85. The second kappa shape index (κ2) is 6.22. The van der Waals surface area contributed by atoms with Crippen LogP contribution in [0.3, 0.4) is 0 Å². The molecule has 0 atom stereocenters. The van der Waals surface area contributed by atoms with E-state index in [-0.39, 0.29) is 0 Å². The number of nitrogens with one attached hydrogen (secondary N) is 2. The Bertz CT molecular complexity index is 1160. The van der Waals surface area contributed by atoms with Crippen LogP contribution in [-0.4, -0.2) is 19.7 Å². The van der Waals surface area contributed by atoms with Crippen LogP contribution >= 0.6 is 0 Å². The number of aromatic nitrogens is 4. The Balaban J connectivity index is 1.90. The maximum absolute atomic E-state index is 9.19. The van der Waals surface area contributed by atoms with Crippen LogP contribution in [0.4, 0.5) is 5.82 Å². The summed E-state index contributed by atoms with van der Waals surface area (Å²) in [5, 5.41) is 18.1. The summed E-state index contributed by atoms with van der Waals surface area (Å²) >= 11 is 0. The molecule has 0 radical (unpaired) electrons. The number of hydrogen-bond donors (Lipinski definition) is 2. The lowest BCUT2D eigenvalue weighted by atomic mass is 10.1. The van der Waals surface area contributed by atoms with Gasteiger partial charge in [0.1, 0.15) is 5.65 Å². The maximum Gasteiger partial charge on any atom is 0.160 e. The molecule has 0 fully saturated rings. The first-order chi connectivity index (χ1) is 12.7. The second-order valence-corrected chi connectivity index (χ2v) is 6.00. The Morgan fingerprint density at radius 1 is 1.31 bits per heavy atom. The fraction of sp³-hybridized carbons (Fsp3) is 0.0500. The lowest BCUT2D eigenvalue weighted by molar-refractivity contribution is 0.888. The van der Waals surface area contributed by atoms with Crippen LogP contribution in [0.1, 0.15) is 12.5 Å². The average molecular weight is 340 g/mol. The Kier molecular flexibility index (Phi) is 3.75. The number of nitriles is 1. The molecule has 3 heterocycles. The summed E-state index contributed by atoms with van der Waals surface area (Å²) in [5.74, 6) is 0.688. The van der Waals surface area contributed by atoms with Crippen LogP contribution < -0.4 is 5.32 Å². The van der Waals surface area contributed by atoms with E-state index in [2.05, 4.69) is 27.9 Å². The molecule has 0 saturated carbocycles. The minimum atomic E-state index is 0.605. The summed E-state index contributed by atoms with van der Waals surface area (Å²) in [7, 11) is 0. The van der Waals surface area contributed by atoms with Crippen molar-refractivity contribution in [3.63, 3.8) is 0 Å². The highest BCUT2D eigenvalue weighted by Gasteiger charge is 2.14. The van der Waals surface area contributed by atoms with Gasteiger partial charge in [-0.05, 0) is 36.8 Å². The molecule has 26 heavy (non-hydrogen) atoms. The van der Waals surface area contributed by atoms with E-state index in [1.807, 2.05) is 54.3 Å². The number of H-pyrrole nitrogens is 1. The predicted molar refractivity (Wildman–Crippen MR) is 102 cm³/mol. The molecule has 6 heteroatoms. The standard InChI is InChI=1S/C20H16N6/c1-13(2)24-20-17(15-5-3-4-14(10-15)11-21)12-26(25-20)18-7-9-23-19-16(18)6-8-22-19/h3-10,12H,1H2,2H3,(H,22,23)(H,24,25). The summed E-state index contributed by atoms with van der Waals surface area (Å²) < 4.78 is 1.82. The van der Waals surface area contributed by atoms with Crippen LogP contribution in [0, 0.1) is 11.3 Å². The molecular formula is C20H16N6. The maximum atomic E-state index is 9.19. The van der Waals surface area contributed by atoms with Crippen molar-refractivity contribution in [1.82, 2.24) is 19.7 Å². The van der Waals surface area contributed by atoms with Crippen LogP contribution in [0.25, 0.3) is 27.8 Å². The summed E-state index contributed by atoms with van der Waals surface area (Å²) in [6.45, 7) is 5.80. The van der Waals surface area contributed by atoms with Crippen molar-refractivity contribution < 1.29 is 0 Å². The Morgan fingerprint density at radius 3 is 3.00 bits per heavy atom. The molecule has 126 valence electrons. The summed E-state index contributed by atoms with van der Waals surface area (Å²) in [6.07, 6.45) is 5.55. The van der Waals surface area contributed by atoms with Crippen molar-refractivity contribution in [2.75, 3.05) is 5.32 Å². The van der Waals surface area contributed by atoms with Gasteiger partial charge in [0.15, 0.2) is 5.82 Å². The first kappa shape index (κ1) is 15.7. The minimum absolute atomic E-state index is 0.605. The molecule has 1 aromatic carbocycles. The van der Waals surface area contributed by atoms with Crippen molar-refractivity contribution in [1.29, 1.82) is 5.26 Å². The van der Waals surface area contributed by atoms with Gasteiger partial charge in [-0.25, -0.2) is 9.67 Å². The molecule has 3 aromatic heterocycles. The molecule has 0 aliphatic carbocycles. The van der Waals surface area contributed by atoms with Crippen molar-refractivity contribution in [3.05, 3.63) is 72.8 Å². The molecule has 4 aromatic rings. The highest BCUT2D eigenvalue weighted by atomic mass is 15.3. The second-order valence-electron chi connectivity index (χ2n) is 6.00. The summed E-state index contributed by atoms with van der Waals surface area (Å²) in [5.41, 5.74) is 4.93. The smallest absolute Gasteiger partial charge is 0.160 e.